The van der Waals surface area contributed by atoms with Gasteiger partial charge >= 0.3 is 0 Å². The smallest absolute Gasteiger partial charge is 0.258 e. The van der Waals surface area contributed by atoms with Crippen LogP contribution in [0.3, 0.4) is 0 Å². The van der Waals surface area contributed by atoms with Gasteiger partial charge in [0, 0.05) is 26.9 Å². The summed E-state index contributed by atoms with van der Waals surface area (Å²) in [5.41, 5.74) is 14.4. The summed E-state index contributed by atoms with van der Waals surface area (Å²) < 4.78 is 14.4. The molecule has 0 unspecified atom stereocenters. The van der Waals surface area contributed by atoms with Gasteiger partial charge in [0.2, 0.25) is 0 Å². The zero-order valence-corrected chi connectivity index (χ0v) is 19.0. The number of benzene rings is 3. The molecule has 0 aliphatic rings. The number of anilines is 3. The van der Waals surface area contributed by atoms with Crippen molar-refractivity contribution in [2.45, 2.75) is 10.6 Å². The van der Waals surface area contributed by atoms with Gasteiger partial charge in [0.25, 0.3) is 5.91 Å². The Balaban J connectivity index is 1.44. The Morgan fingerprint density at radius 1 is 0.970 bits per heavy atom. The van der Waals surface area contributed by atoms with E-state index in [0.29, 0.717) is 27.7 Å². The van der Waals surface area contributed by atoms with E-state index < -0.39 is 11.7 Å². The maximum atomic E-state index is 14.4. The van der Waals surface area contributed by atoms with Crippen molar-refractivity contribution >= 4 is 46.5 Å². The molecule has 33 heavy (non-hydrogen) atoms. The monoisotopic (exact) mass is 478 g/mol. The van der Waals surface area contributed by atoms with Crippen LogP contribution in [0.5, 0.6) is 0 Å². The van der Waals surface area contributed by atoms with E-state index in [2.05, 4.69) is 10.3 Å². The molecule has 0 aliphatic heterocycles. The van der Waals surface area contributed by atoms with Crippen molar-refractivity contribution in [3.8, 4) is 11.3 Å². The lowest BCUT2D eigenvalue weighted by Gasteiger charge is -2.10. The zero-order valence-electron chi connectivity index (χ0n) is 17.4. The summed E-state index contributed by atoms with van der Waals surface area (Å²) in [6.07, 6.45) is 0. The first-order valence-corrected chi connectivity index (χ1v) is 11.4. The van der Waals surface area contributed by atoms with Gasteiger partial charge in [-0.3, -0.25) is 4.79 Å². The van der Waals surface area contributed by atoms with Crippen LogP contribution in [0.2, 0.25) is 5.02 Å². The third-order valence-electron chi connectivity index (χ3n) is 4.90. The molecule has 3 aromatic carbocycles. The number of hydrogen-bond acceptors (Lipinski definition) is 5. The Morgan fingerprint density at radius 2 is 1.70 bits per heavy atom. The Kier molecular flexibility index (Phi) is 6.82. The lowest BCUT2D eigenvalue weighted by atomic mass is 10.1. The molecule has 0 spiro atoms. The minimum atomic E-state index is -0.629. The highest BCUT2D eigenvalue weighted by atomic mass is 35.5. The van der Waals surface area contributed by atoms with Crippen molar-refractivity contribution in [3.05, 3.63) is 101 Å². The van der Waals surface area contributed by atoms with Crippen LogP contribution in [0.15, 0.2) is 83.8 Å². The number of amides is 1. The first kappa shape index (κ1) is 22.6. The highest BCUT2D eigenvalue weighted by Crippen LogP contribution is 2.26. The van der Waals surface area contributed by atoms with Gasteiger partial charge in [-0.25, -0.2) is 9.37 Å². The van der Waals surface area contributed by atoms with Crippen molar-refractivity contribution in [2.75, 3.05) is 16.8 Å². The van der Waals surface area contributed by atoms with Crippen LogP contribution in [0.4, 0.5) is 21.6 Å². The molecule has 4 aromatic rings. The molecule has 4 rings (SSSR count). The lowest BCUT2D eigenvalue weighted by molar-refractivity contribution is 0.102. The Bertz CT molecular complexity index is 1300. The van der Waals surface area contributed by atoms with Crippen LogP contribution in [0, 0.1) is 5.82 Å². The third-order valence-corrected chi connectivity index (χ3v) is 6.23. The first-order valence-electron chi connectivity index (χ1n) is 9.99. The molecule has 0 fully saturated rings. The molecule has 0 aliphatic carbocycles. The number of carbonyl (C=O) groups excluding carboxylic acids is 1. The number of carbonyl (C=O) groups is 1. The lowest BCUT2D eigenvalue weighted by Crippen LogP contribution is -2.14. The number of thioether (sulfide) groups is 1. The van der Waals surface area contributed by atoms with Crippen LogP contribution in [-0.4, -0.2) is 10.9 Å². The van der Waals surface area contributed by atoms with E-state index in [0.717, 1.165) is 16.2 Å². The zero-order chi connectivity index (χ0) is 23.4. The summed E-state index contributed by atoms with van der Waals surface area (Å²) in [5, 5.41) is 3.44. The van der Waals surface area contributed by atoms with E-state index in [1.165, 1.54) is 18.2 Å². The number of nitrogens with two attached hydrogens (primary N) is 2. The van der Waals surface area contributed by atoms with Crippen LogP contribution in [0.1, 0.15) is 15.9 Å². The van der Waals surface area contributed by atoms with Gasteiger partial charge in [-0.15, -0.1) is 11.8 Å². The van der Waals surface area contributed by atoms with Crippen molar-refractivity contribution in [1.82, 2.24) is 4.98 Å². The van der Waals surface area contributed by atoms with Gasteiger partial charge in [0.1, 0.15) is 11.6 Å². The average Bonchev–Trinajstić information content (AvgIpc) is 2.82. The number of halogens is 2. The van der Waals surface area contributed by atoms with Crippen molar-refractivity contribution in [3.63, 3.8) is 0 Å². The highest BCUT2D eigenvalue weighted by molar-refractivity contribution is 7.98. The topological polar surface area (TPSA) is 94.0 Å². The number of pyridine rings is 1. The Morgan fingerprint density at radius 3 is 2.39 bits per heavy atom. The van der Waals surface area contributed by atoms with Gasteiger partial charge in [0.15, 0.2) is 0 Å². The molecule has 8 heteroatoms. The van der Waals surface area contributed by atoms with Gasteiger partial charge in [-0.05, 0) is 72.3 Å². The van der Waals surface area contributed by atoms with Gasteiger partial charge < -0.3 is 16.8 Å². The molecule has 5 N–H and O–H groups in total. The van der Waals surface area contributed by atoms with Crippen LogP contribution >= 0.6 is 23.4 Å². The van der Waals surface area contributed by atoms with Gasteiger partial charge in [-0.2, -0.15) is 0 Å². The molecule has 0 radical (unpaired) electrons. The number of rotatable bonds is 6. The molecule has 1 aromatic heterocycles. The number of nitrogen functional groups attached to an aromatic ring is 2. The molecule has 1 amide bonds. The molecule has 166 valence electrons. The second-order valence-electron chi connectivity index (χ2n) is 7.26. The highest BCUT2D eigenvalue weighted by Gasteiger charge is 2.14. The second kappa shape index (κ2) is 9.94. The normalized spacial score (nSPS) is 10.7. The summed E-state index contributed by atoms with van der Waals surface area (Å²) in [7, 11) is 0. The van der Waals surface area contributed by atoms with Crippen molar-refractivity contribution in [2.24, 2.45) is 0 Å². The van der Waals surface area contributed by atoms with Crippen LogP contribution in [-0.2, 0) is 5.75 Å². The molecule has 1 heterocycles. The molecule has 0 saturated carbocycles. The molecule has 0 bridgehead atoms. The van der Waals surface area contributed by atoms with Gasteiger partial charge in [-0.1, -0.05) is 23.7 Å². The SMILES string of the molecule is Nc1ccc(-c2ccc(F)c(C(=O)Nc3ccc(CSc4ccc(Cl)cc4)cc3)c2)nc1N. The van der Waals surface area contributed by atoms with E-state index in [9.17, 15) is 9.18 Å². The summed E-state index contributed by atoms with van der Waals surface area (Å²) in [4.78, 5) is 18.0. The predicted molar refractivity (Wildman–Crippen MR) is 134 cm³/mol. The van der Waals surface area contributed by atoms with Crippen molar-refractivity contribution in [1.29, 1.82) is 0 Å². The predicted octanol–water partition coefficient (Wildman–Crippen LogP) is 6.25. The average molecular weight is 479 g/mol. The molecule has 5 nitrogen and oxygen atoms in total. The van der Waals surface area contributed by atoms with Gasteiger partial charge in [0.05, 0.1) is 16.9 Å². The third kappa shape index (κ3) is 5.63. The standard InChI is InChI=1S/C25H20ClFN4OS/c26-17-4-8-19(9-5-17)33-14-15-1-6-18(7-2-15)30-25(32)20-13-16(3-10-21(20)27)23-12-11-22(28)24(29)31-23/h1-13H,14,28H2,(H2,29,31)(H,30,32). The fraction of sp³-hybridized carbons (Fsp3) is 0.0400. The quantitative estimate of drug-likeness (QED) is 0.285. The minimum Gasteiger partial charge on any atom is -0.396 e. The second-order valence-corrected chi connectivity index (χ2v) is 8.74. The van der Waals surface area contributed by atoms with E-state index in [1.807, 2.05) is 36.4 Å². The van der Waals surface area contributed by atoms with E-state index in [4.69, 9.17) is 23.1 Å². The molecule has 0 saturated heterocycles. The summed E-state index contributed by atoms with van der Waals surface area (Å²) in [6.45, 7) is 0. The van der Waals surface area contributed by atoms with E-state index in [-0.39, 0.29) is 11.4 Å². The summed E-state index contributed by atoms with van der Waals surface area (Å²) in [5.74, 6) is -0.238. The summed E-state index contributed by atoms with van der Waals surface area (Å²) >= 11 is 7.60. The first-order chi connectivity index (χ1) is 15.9. The van der Waals surface area contributed by atoms with E-state index in [1.54, 1.807) is 36.0 Å². The molecular weight excluding hydrogens is 459 g/mol. The van der Waals surface area contributed by atoms with Crippen molar-refractivity contribution < 1.29 is 9.18 Å². The maximum absolute atomic E-state index is 14.4. The fourth-order valence-corrected chi connectivity index (χ4v) is 4.07. The Labute approximate surface area is 200 Å². The Hall–Kier alpha value is -3.55. The van der Waals surface area contributed by atoms with Crippen LogP contribution in [0.25, 0.3) is 11.3 Å². The summed E-state index contributed by atoms with van der Waals surface area (Å²) in [6, 6.07) is 22.6. The maximum Gasteiger partial charge on any atom is 0.258 e. The van der Waals surface area contributed by atoms with E-state index >= 15 is 0 Å². The largest absolute Gasteiger partial charge is 0.396 e. The molecule has 0 atom stereocenters. The number of nitrogens with zero attached hydrogens (tertiary/aromatic N) is 1. The van der Waals surface area contributed by atoms with Crippen LogP contribution < -0.4 is 16.8 Å². The number of aromatic nitrogens is 1. The number of nitrogens with one attached hydrogen (secondary N) is 1. The molecular formula is C25H20ClFN4OS. The minimum absolute atomic E-state index is 0.0907. The number of hydrogen-bond donors (Lipinski definition) is 3. The fourth-order valence-electron chi connectivity index (χ4n) is 3.09.